The number of hydrogen-bond acceptors (Lipinski definition) is 1. The Morgan fingerprint density at radius 1 is 1.31 bits per heavy atom. The minimum absolute atomic E-state index is 0.241. The lowest BCUT2D eigenvalue weighted by molar-refractivity contribution is 0.426. The Hall–Kier alpha value is -1.51. The van der Waals surface area contributed by atoms with E-state index in [1.807, 2.05) is 32.0 Å². The van der Waals surface area contributed by atoms with E-state index in [9.17, 15) is 0 Å². The van der Waals surface area contributed by atoms with E-state index in [1.165, 1.54) is 5.56 Å². The summed E-state index contributed by atoms with van der Waals surface area (Å²) in [5.74, 6) is 0.626. The van der Waals surface area contributed by atoms with Crippen molar-refractivity contribution in [3.63, 3.8) is 0 Å². The molecule has 1 rings (SSSR count). The molecule has 2 N–H and O–H groups in total. The molecule has 1 aromatic carbocycles. The molecule has 0 aromatic heterocycles. The van der Waals surface area contributed by atoms with Crippen LogP contribution in [-0.4, -0.2) is 23.4 Å². The fraction of sp³-hybridized carbons (Fsp3) is 0.462. The van der Waals surface area contributed by atoms with Gasteiger partial charge in [0.05, 0.1) is 0 Å². The summed E-state index contributed by atoms with van der Waals surface area (Å²) in [6, 6.07) is 10.5. The van der Waals surface area contributed by atoms with Crippen LogP contribution in [0.4, 0.5) is 0 Å². The molecule has 0 fully saturated rings. The van der Waals surface area contributed by atoms with E-state index in [2.05, 4.69) is 28.9 Å². The minimum atomic E-state index is 0.241. The zero-order valence-electron chi connectivity index (χ0n) is 10.4. The van der Waals surface area contributed by atoms with E-state index in [0.717, 1.165) is 13.1 Å². The molecule has 0 amide bonds. The summed E-state index contributed by atoms with van der Waals surface area (Å²) in [6.45, 7) is 7.84. The molecule has 0 atom stereocenters. The molecule has 0 aliphatic carbocycles. The summed E-state index contributed by atoms with van der Waals surface area (Å²) < 4.78 is 0. The SMILES string of the molecule is CCN(Cc1ccccc1)C(N)=NC(C)C. The van der Waals surface area contributed by atoms with Crippen molar-refractivity contribution in [2.75, 3.05) is 6.54 Å². The maximum absolute atomic E-state index is 5.95. The lowest BCUT2D eigenvalue weighted by Gasteiger charge is -2.22. The first-order valence-corrected chi connectivity index (χ1v) is 5.75. The number of hydrogen-bond donors (Lipinski definition) is 1. The Kier molecular flexibility index (Phi) is 4.83. The molecule has 0 heterocycles. The van der Waals surface area contributed by atoms with Gasteiger partial charge in [-0.15, -0.1) is 0 Å². The summed E-state index contributed by atoms with van der Waals surface area (Å²) in [5, 5.41) is 0. The van der Waals surface area contributed by atoms with E-state index in [4.69, 9.17) is 5.73 Å². The highest BCUT2D eigenvalue weighted by atomic mass is 15.2. The van der Waals surface area contributed by atoms with Gasteiger partial charge in [-0.2, -0.15) is 0 Å². The molecule has 3 heteroatoms. The molecular formula is C13H21N3. The molecule has 88 valence electrons. The van der Waals surface area contributed by atoms with Crippen molar-refractivity contribution in [1.29, 1.82) is 0 Å². The number of nitrogens with two attached hydrogens (primary N) is 1. The van der Waals surface area contributed by atoms with E-state index in [1.54, 1.807) is 0 Å². The van der Waals surface area contributed by atoms with Crippen LogP contribution in [0, 0.1) is 0 Å². The van der Waals surface area contributed by atoms with Gasteiger partial charge in [0.25, 0.3) is 0 Å². The van der Waals surface area contributed by atoms with Gasteiger partial charge in [0.1, 0.15) is 0 Å². The normalized spacial score (nSPS) is 11.9. The van der Waals surface area contributed by atoms with E-state index >= 15 is 0 Å². The average Bonchev–Trinajstić information content (AvgIpc) is 2.26. The highest BCUT2D eigenvalue weighted by Crippen LogP contribution is 2.04. The lowest BCUT2D eigenvalue weighted by Crippen LogP contribution is -2.37. The van der Waals surface area contributed by atoms with E-state index < -0.39 is 0 Å². The second-order valence-electron chi connectivity index (χ2n) is 4.08. The maximum atomic E-state index is 5.95. The fourth-order valence-corrected chi connectivity index (χ4v) is 1.50. The molecule has 1 aromatic rings. The van der Waals surface area contributed by atoms with Gasteiger partial charge < -0.3 is 10.6 Å². The predicted octanol–water partition coefficient (Wildman–Crippen LogP) is 2.23. The van der Waals surface area contributed by atoms with Gasteiger partial charge in [-0.1, -0.05) is 30.3 Å². The zero-order valence-corrected chi connectivity index (χ0v) is 10.4. The van der Waals surface area contributed by atoms with Crippen LogP contribution in [0.3, 0.4) is 0 Å². The number of nitrogens with zero attached hydrogens (tertiary/aromatic N) is 2. The molecule has 0 bridgehead atoms. The van der Waals surface area contributed by atoms with Crippen molar-refractivity contribution >= 4 is 5.96 Å². The van der Waals surface area contributed by atoms with Gasteiger partial charge in [0.15, 0.2) is 5.96 Å². The van der Waals surface area contributed by atoms with Crippen molar-refractivity contribution in [2.24, 2.45) is 10.7 Å². The van der Waals surface area contributed by atoms with Crippen molar-refractivity contribution in [3.8, 4) is 0 Å². The highest BCUT2D eigenvalue weighted by molar-refractivity contribution is 5.78. The Morgan fingerprint density at radius 2 is 1.94 bits per heavy atom. The van der Waals surface area contributed by atoms with Crippen LogP contribution in [0.1, 0.15) is 26.3 Å². The Bertz CT molecular complexity index is 330. The largest absolute Gasteiger partial charge is 0.370 e. The van der Waals surface area contributed by atoms with Gasteiger partial charge in [0, 0.05) is 19.1 Å². The van der Waals surface area contributed by atoms with Crippen LogP contribution in [0.15, 0.2) is 35.3 Å². The number of aliphatic imine (C=N–C) groups is 1. The molecule has 0 spiro atoms. The third-order valence-corrected chi connectivity index (χ3v) is 2.31. The Balaban J connectivity index is 2.69. The quantitative estimate of drug-likeness (QED) is 0.623. The average molecular weight is 219 g/mol. The number of benzene rings is 1. The second-order valence-corrected chi connectivity index (χ2v) is 4.08. The first-order valence-electron chi connectivity index (χ1n) is 5.75. The lowest BCUT2D eigenvalue weighted by atomic mass is 10.2. The molecule has 0 unspecified atom stereocenters. The van der Waals surface area contributed by atoms with E-state index in [0.29, 0.717) is 5.96 Å². The first-order chi connectivity index (χ1) is 7.63. The molecule has 0 saturated carbocycles. The third-order valence-electron chi connectivity index (χ3n) is 2.31. The molecule has 0 aliphatic rings. The zero-order chi connectivity index (χ0) is 12.0. The predicted molar refractivity (Wildman–Crippen MR) is 69.3 cm³/mol. The van der Waals surface area contributed by atoms with Crippen molar-refractivity contribution in [3.05, 3.63) is 35.9 Å². The van der Waals surface area contributed by atoms with Crippen LogP contribution >= 0.6 is 0 Å². The molecule has 3 nitrogen and oxygen atoms in total. The van der Waals surface area contributed by atoms with Crippen LogP contribution < -0.4 is 5.73 Å². The van der Waals surface area contributed by atoms with Crippen LogP contribution in [0.2, 0.25) is 0 Å². The van der Waals surface area contributed by atoms with Gasteiger partial charge in [-0.05, 0) is 26.3 Å². The maximum Gasteiger partial charge on any atom is 0.191 e. The van der Waals surface area contributed by atoms with Crippen LogP contribution in [-0.2, 0) is 6.54 Å². The highest BCUT2D eigenvalue weighted by Gasteiger charge is 2.06. The van der Waals surface area contributed by atoms with Crippen molar-refractivity contribution in [1.82, 2.24) is 4.90 Å². The molecule has 0 radical (unpaired) electrons. The summed E-state index contributed by atoms with van der Waals surface area (Å²) >= 11 is 0. The van der Waals surface area contributed by atoms with Gasteiger partial charge in [0.2, 0.25) is 0 Å². The topological polar surface area (TPSA) is 41.6 Å². The number of rotatable bonds is 4. The van der Waals surface area contributed by atoms with Gasteiger partial charge in [-0.25, -0.2) is 0 Å². The first kappa shape index (κ1) is 12.6. The minimum Gasteiger partial charge on any atom is -0.370 e. The summed E-state index contributed by atoms with van der Waals surface area (Å²) in [6.07, 6.45) is 0. The van der Waals surface area contributed by atoms with Crippen molar-refractivity contribution < 1.29 is 0 Å². The van der Waals surface area contributed by atoms with Gasteiger partial charge in [-0.3, -0.25) is 4.99 Å². The second kappa shape index (κ2) is 6.16. The fourth-order valence-electron chi connectivity index (χ4n) is 1.50. The number of guanidine groups is 1. The molecule has 0 aliphatic heterocycles. The van der Waals surface area contributed by atoms with Gasteiger partial charge >= 0.3 is 0 Å². The summed E-state index contributed by atoms with van der Waals surface area (Å²) in [5.41, 5.74) is 7.21. The summed E-state index contributed by atoms with van der Waals surface area (Å²) in [7, 11) is 0. The molecule has 16 heavy (non-hydrogen) atoms. The monoisotopic (exact) mass is 219 g/mol. The Morgan fingerprint density at radius 3 is 2.44 bits per heavy atom. The van der Waals surface area contributed by atoms with Crippen molar-refractivity contribution in [2.45, 2.75) is 33.4 Å². The third kappa shape index (κ3) is 3.93. The molecule has 0 saturated heterocycles. The Labute approximate surface area is 98.0 Å². The summed E-state index contributed by atoms with van der Waals surface area (Å²) in [4.78, 5) is 6.44. The smallest absolute Gasteiger partial charge is 0.191 e. The van der Waals surface area contributed by atoms with Crippen LogP contribution in [0.25, 0.3) is 0 Å². The standard InChI is InChI=1S/C13H21N3/c1-4-16(13(14)15-11(2)3)10-12-8-6-5-7-9-12/h5-9,11H,4,10H2,1-3H3,(H2,14,15). The van der Waals surface area contributed by atoms with Crippen LogP contribution in [0.5, 0.6) is 0 Å². The molecular weight excluding hydrogens is 198 g/mol. The van der Waals surface area contributed by atoms with E-state index in [-0.39, 0.29) is 6.04 Å².